The third kappa shape index (κ3) is 1.69. The molecule has 2 N–H and O–H groups in total. The molecule has 5 heteroatoms. The predicted octanol–water partition coefficient (Wildman–Crippen LogP) is 1.92. The quantitative estimate of drug-likeness (QED) is 0.845. The third-order valence-electron chi connectivity index (χ3n) is 2.34. The van der Waals surface area contributed by atoms with Gasteiger partial charge in [-0.25, -0.2) is 13.5 Å². The van der Waals surface area contributed by atoms with Crippen LogP contribution in [0.2, 0.25) is 0 Å². The molecule has 1 aromatic carbocycles. The van der Waals surface area contributed by atoms with Gasteiger partial charge in [0, 0.05) is 12.7 Å². The molecular formula is C11H11F2N3. The Morgan fingerprint density at radius 2 is 2.06 bits per heavy atom. The molecule has 0 fully saturated rings. The van der Waals surface area contributed by atoms with Crippen molar-refractivity contribution in [1.29, 1.82) is 0 Å². The zero-order valence-electron chi connectivity index (χ0n) is 8.74. The first kappa shape index (κ1) is 10.8. The second-order valence-corrected chi connectivity index (χ2v) is 3.48. The van der Waals surface area contributed by atoms with Crippen LogP contribution in [0.15, 0.2) is 24.4 Å². The van der Waals surface area contributed by atoms with Crippen molar-refractivity contribution in [3.63, 3.8) is 0 Å². The summed E-state index contributed by atoms with van der Waals surface area (Å²) < 4.78 is 28.4. The second kappa shape index (κ2) is 4.02. The molecule has 1 heterocycles. The molecular weight excluding hydrogens is 212 g/mol. The molecule has 0 saturated carbocycles. The third-order valence-corrected chi connectivity index (χ3v) is 2.34. The van der Waals surface area contributed by atoms with Crippen LogP contribution in [0.4, 0.5) is 8.78 Å². The van der Waals surface area contributed by atoms with Crippen molar-refractivity contribution in [2.45, 2.75) is 13.5 Å². The van der Waals surface area contributed by atoms with E-state index in [1.54, 1.807) is 13.0 Å². The average Bonchev–Trinajstić information content (AvgIpc) is 2.73. The van der Waals surface area contributed by atoms with Crippen molar-refractivity contribution in [2.75, 3.05) is 0 Å². The van der Waals surface area contributed by atoms with Crippen molar-refractivity contribution < 1.29 is 8.78 Å². The molecule has 0 saturated heterocycles. The molecule has 0 atom stereocenters. The first-order chi connectivity index (χ1) is 7.63. The zero-order valence-corrected chi connectivity index (χ0v) is 8.74. The molecule has 2 aromatic rings. The van der Waals surface area contributed by atoms with E-state index in [1.807, 2.05) is 0 Å². The highest BCUT2D eigenvalue weighted by Gasteiger charge is 2.14. The molecule has 0 spiro atoms. The Bertz CT molecular complexity index is 520. The van der Waals surface area contributed by atoms with E-state index in [-0.39, 0.29) is 12.2 Å². The van der Waals surface area contributed by atoms with E-state index in [9.17, 15) is 8.78 Å². The lowest BCUT2D eigenvalue weighted by Crippen LogP contribution is -2.05. The SMILES string of the molecule is Cc1ccc(F)c(-n2ccc(CN)n2)c1F. The molecule has 0 amide bonds. The maximum atomic E-state index is 13.7. The van der Waals surface area contributed by atoms with E-state index in [0.717, 1.165) is 0 Å². The van der Waals surface area contributed by atoms with Gasteiger partial charge >= 0.3 is 0 Å². The highest BCUT2D eigenvalue weighted by molar-refractivity contribution is 5.38. The summed E-state index contributed by atoms with van der Waals surface area (Å²) in [5.41, 5.74) is 6.18. The van der Waals surface area contributed by atoms with Crippen molar-refractivity contribution in [2.24, 2.45) is 5.73 Å². The van der Waals surface area contributed by atoms with Crippen molar-refractivity contribution in [1.82, 2.24) is 9.78 Å². The molecule has 0 unspecified atom stereocenters. The van der Waals surface area contributed by atoms with Gasteiger partial charge in [-0.2, -0.15) is 5.10 Å². The molecule has 1 aromatic heterocycles. The average molecular weight is 223 g/mol. The highest BCUT2D eigenvalue weighted by Crippen LogP contribution is 2.20. The van der Waals surface area contributed by atoms with Gasteiger partial charge in [0.25, 0.3) is 0 Å². The van der Waals surface area contributed by atoms with Crippen LogP contribution in [0, 0.1) is 18.6 Å². The maximum Gasteiger partial charge on any atom is 0.154 e. The topological polar surface area (TPSA) is 43.8 Å². The van der Waals surface area contributed by atoms with Gasteiger partial charge in [-0.3, -0.25) is 0 Å². The van der Waals surface area contributed by atoms with Crippen LogP contribution in [0.1, 0.15) is 11.3 Å². The summed E-state index contributed by atoms with van der Waals surface area (Å²) >= 11 is 0. The predicted molar refractivity (Wildman–Crippen MR) is 56.1 cm³/mol. The Morgan fingerprint density at radius 3 is 2.69 bits per heavy atom. The normalized spacial score (nSPS) is 10.8. The minimum absolute atomic E-state index is 0.167. The maximum absolute atomic E-state index is 13.7. The lowest BCUT2D eigenvalue weighted by atomic mass is 10.2. The molecule has 16 heavy (non-hydrogen) atoms. The Morgan fingerprint density at radius 1 is 1.31 bits per heavy atom. The number of rotatable bonds is 2. The molecule has 0 aliphatic rings. The summed E-state index contributed by atoms with van der Waals surface area (Å²) in [4.78, 5) is 0. The Labute approximate surface area is 91.5 Å². The van der Waals surface area contributed by atoms with Crippen molar-refractivity contribution >= 4 is 0 Å². The van der Waals surface area contributed by atoms with Crippen LogP contribution < -0.4 is 5.73 Å². The van der Waals surface area contributed by atoms with Crippen LogP contribution in [0.25, 0.3) is 5.69 Å². The van der Waals surface area contributed by atoms with Gasteiger partial charge in [-0.1, -0.05) is 6.07 Å². The summed E-state index contributed by atoms with van der Waals surface area (Å²) in [5.74, 6) is -1.25. The van der Waals surface area contributed by atoms with Gasteiger partial charge in [0.1, 0.15) is 5.69 Å². The first-order valence-corrected chi connectivity index (χ1v) is 4.83. The molecule has 0 bridgehead atoms. The van der Waals surface area contributed by atoms with E-state index in [1.165, 1.54) is 23.0 Å². The van der Waals surface area contributed by atoms with Crippen LogP contribution in [0.5, 0.6) is 0 Å². The lowest BCUT2D eigenvalue weighted by molar-refractivity contribution is 0.553. The number of hydrogen-bond donors (Lipinski definition) is 1. The minimum Gasteiger partial charge on any atom is -0.325 e. The van der Waals surface area contributed by atoms with Gasteiger partial charge in [0.2, 0.25) is 0 Å². The number of halogens is 2. The Kier molecular flexibility index (Phi) is 2.70. The fourth-order valence-corrected chi connectivity index (χ4v) is 1.45. The van der Waals surface area contributed by atoms with Gasteiger partial charge in [0.15, 0.2) is 11.6 Å². The second-order valence-electron chi connectivity index (χ2n) is 3.48. The van der Waals surface area contributed by atoms with E-state index in [0.29, 0.717) is 11.3 Å². The first-order valence-electron chi connectivity index (χ1n) is 4.83. The number of nitrogens with zero attached hydrogens (tertiary/aromatic N) is 2. The van der Waals surface area contributed by atoms with E-state index in [2.05, 4.69) is 5.10 Å². The fourth-order valence-electron chi connectivity index (χ4n) is 1.45. The Balaban J connectivity index is 2.58. The minimum atomic E-state index is -0.644. The smallest absolute Gasteiger partial charge is 0.154 e. The number of aromatic nitrogens is 2. The standard InChI is InChI=1S/C11H11F2N3/c1-7-2-3-9(12)11(10(7)13)16-5-4-8(6-14)15-16/h2-5H,6,14H2,1H3. The van der Waals surface area contributed by atoms with Gasteiger partial charge in [-0.15, -0.1) is 0 Å². The van der Waals surface area contributed by atoms with Gasteiger partial charge in [-0.05, 0) is 24.6 Å². The molecule has 0 radical (unpaired) electrons. The largest absolute Gasteiger partial charge is 0.325 e. The summed E-state index contributed by atoms with van der Waals surface area (Å²) in [5, 5.41) is 3.97. The summed E-state index contributed by atoms with van der Waals surface area (Å²) in [6, 6.07) is 4.24. The lowest BCUT2D eigenvalue weighted by Gasteiger charge is -2.06. The monoisotopic (exact) mass is 223 g/mol. The van der Waals surface area contributed by atoms with Crippen molar-refractivity contribution in [3.8, 4) is 5.69 Å². The number of benzene rings is 1. The van der Waals surface area contributed by atoms with Crippen LogP contribution in [-0.2, 0) is 6.54 Å². The van der Waals surface area contributed by atoms with E-state index < -0.39 is 11.6 Å². The summed E-state index contributed by atoms with van der Waals surface area (Å²) in [7, 11) is 0. The van der Waals surface area contributed by atoms with Crippen LogP contribution >= 0.6 is 0 Å². The van der Waals surface area contributed by atoms with Crippen LogP contribution in [-0.4, -0.2) is 9.78 Å². The molecule has 0 aliphatic carbocycles. The number of aryl methyl sites for hydroxylation is 1. The highest BCUT2D eigenvalue weighted by atomic mass is 19.1. The Hall–Kier alpha value is -1.75. The summed E-state index contributed by atoms with van der Waals surface area (Å²) in [6.45, 7) is 1.81. The molecule has 2 rings (SSSR count). The van der Waals surface area contributed by atoms with Gasteiger partial charge < -0.3 is 5.73 Å². The molecule has 0 aliphatic heterocycles. The fraction of sp³-hybridized carbons (Fsp3) is 0.182. The molecule has 84 valence electrons. The zero-order chi connectivity index (χ0) is 11.7. The van der Waals surface area contributed by atoms with Crippen LogP contribution in [0.3, 0.4) is 0 Å². The van der Waals surface area contributed by atoms with E-state index >= 15 is 0 Å². The molecule has 3 nitrogen and oxygen atoms in total. The number of nitrogens with two attached hydrogens (primary N) is 1. The van der Waals surface area contributed by atoms with Crippen molar-refractivity contribution in [3.05, 3.63) is 47.3 Å². The van der Waals surface area contributed by atoms with Gasteiger partial charge in [0.05, 0.1) is 5.69 Å². The van der Waals surface area contributed by atoms with E-state index in [4.69, 9.17) is 5.73 Å². The summed E-state index contributed by atoms with van der Waals surface area (Å²) in [6.07, 6.45) is 1.49. The number of hydrogen-bond acceptors (Lipinski definition) is 2.